The van der Waals surface area contributed by atoms with E-state index in [1.54, 1.807) is 18.3 Å². The maximum absolute atomic E-state index is 15.2. The molecule has 3 aromatic rings. The number of anilines is 1. The molecule has 2 heterocycles. The Morgan fingerprint density at radius 2 is 2.09 bits per heavy atom. The van der Waals surface area contributed by atoms with Crippen LogP contribution in [0.25, 0.3) is 17.1 Å². The predicted octanol–water partition coefficient (Wildman–Crippen LogP) is 4.36. The summed E-state index contributed by atoms with van der Waals surface area (Å²) in [7, 11) is 0. The lowest BCUT2D eigenvalue weighted by molar-refractivity contribution is 0.0994. The van der Waals surface area contributed by atoms with Crippen molar-refractivity contribution in [3.63, 3.8) is 0 Å². The zero-order valence-corrected chi connectivity index (χ0v) is 20.0. The van der Waals surface area contributed by atoms with Crippen molar-refractivity contribution in [1.29, 1.82) is 5.26 Å². The first-order valence-corrected chi connectivity index (χ1v) is 12.2. The number of hydrogen-bond acceptors (Lipinski definition) is 8. The minimum atomic E-state index is -0.892. The van der Waals surface area contributed by atoms with Crippen molar-refractivity contribution in [2.45, 2.75) is 77.0 Å². The Morgan fingerprint density at radius 3 is 2.71 bits per heavy atom. The highest BCUT2D eigenvalue weighted by Crippen LogP contribution is 2.46. The van der Waals surface area contributed by atoms with Crippen molar-refractivity contribution < 1.29 is 9.50 Å². The summed E-state index contributed by atoms with van der Waals surface area (Å²) in [5.74, 6) is 0.866. The number of hydrogen-bond donors (Lipinski definition) is 1. The van der Waals surface area contributed by atoms with E-state index < -0.39 is 6.17 Å². The summed E-state index contributed by atoms with van der Waals surface area (Å²) in [6, 6.07) is 6.83. The van der Waals surface area contributed by atoms with E-state index in [2.05, 4.69) is 44.0 Å². The Hall–Kier alpha value is -3.61. The van der Waals surface area contributed by atoms with E-state index in [9.17, 15) is 5.11 Å². The van der Waals surface area contributed by atoms with Gasteiger partial charge >= 0.3 is 0 Å². The van der Waals surface area contributed by atoms with Gasteiger partial charge in [0.2, 0.25) is 0 Å². The molecule has 10 heteroatoms. The zero-order chi connectivity index (χ0) is 24.6. The van der Waals surface area contributed by atoms with Crippen LogP contribution in [0.1, 0.15) is 64.6 Å². The van der Waals surface area contributed by atoms with E-state index in [1.807, 2.05) is 6.07 Å². The molecule has 0 saturated heterocycles. The maximum Gasteiger partial charge on any atom is 0.252 e. The van der Waals surface area contributed by atoms with Gasteiger partial charge in [0.15, 0.2) is 11.6 Å². The molecule has 2 aliphatic rings. The predicted molar refractivity (Wildman–Crippen MR) is 128 cm³/mol. The van der Waals surface area contributed by atoms with Gasteiger partial charge in [-0.1, -0.05) is 20.3 Å². The van der Waals surface area contributed by atoms with E-state index >= 15 is 4.39 Å². The Labute approximate surface area is 203 Å². The summed E-state index contributed by atoms with van der Waals surface area (Å²) in [6.07, 6.45) is 8.69. The quantitative estimate of drug-likeness (QED) is 0.534. The molecule has 9 nitrogen and oxygen atoms in total. The highest BCUT2D eigenvalue weighted by molar-refractivity contribution is 5.66. The molecule has 3 atom stereocenters. The van der Waals surface area contributed by atoms with Crippen molar-refractivity contribution in [3.8, 4) is 28.9 Å². The number of benzene rings is 1. The minimum absolute atomic E-state index is 0.0420. The molecule has 0 bridgehead atoms. The van der Waals surface area contributed by atoms with E-state index in [4.69, 9.17) is 5.26 Å². The van der Waals surface area contributed by atoms with Crippen LogP contribution in [-0.2, 0) is 0 Å². The summed E-state index contributed by atoms with van der Waals surface area (Å²) in [6.45, 7) is 4.46. The molecule has 2 fully saturated rings. The molecule has 5 rings (SSSR count). The molecule has 1 N–H and O–H groups in total. The largest absolute Gasteiger partial charge is 0.507 e. The van der Waals surface area contributed by atoms with Gasteiger partial charge in [-0.3, -0.25) is 0 Å². The number of phenols is 1. The Kier molecular flexibility index (Phi) is 6.09. The van der Waals surface area contributed by atoms with E-state index in [0.717, 1.165) is 38.5 Å². The Bertz CT molecular complexity index is 1240. The van der Waals surface area contributed by atoms with Gasteiger partial charge in [-0.2, -0.15) is 5.26 Å². The van der Waals surface area contributed by atoms with Crippen LogP contribution in [0, 0.1) is 16.7 Å². The van der Waals surface area contributed by atoms with Gasteiger partial charge in [0, 0.05) is 12.1 Å². The van der Waals surface area contributed by atoms with Gasteiger partial charge in [0.1, 0.15) is 24.3 Å². The average molecular weight is 477 g/mol. The van der Waals surface area contributed by atoms with Gasteiger partial charge in [-0.25, -0.2) is 19.0 Å². The van der Waals surface area contributed by atoms with Gasteiger partial charge in [0.25, 0.3) is 5.82 Å². The summed E-state index contributed by atoms with van der Waals surface area (Å²) in [5, 5.41) is 32.2. The summed E-state index contributed by atoms with van der Waals surface area (Å²) in [4.78, 5) is 10.5. The average Bonchev–Trinajstić information content (AvgIpc) is 3.57. The number of nitriles is 1. The van der Waals surface area contributed by atoms with Gasteiger partial charge in [0.05, 0.1) is 23.5 Å². The van der Waals surface area contributed by atoms with Crippen molar-refractivity contribution in [3.05, 3.63) is 36.5 Å². The second-order valence-electron chi connectivity index (χ2n) is 9.99. The van der Waals surface area contributed by atoms with Crippen molar-refractivity contribution in [2.75, 3.05) is 4.90 Å². The van der Waals surface area contributed by atoms with Crippen molar-refractivity contribution in [1.82, 2.24) is 29.9 Å². The molecule has 1 aromatic carbocycles. The third-order valence-corrected chi connectivity index (χ3v) is 7.19. The number of rotatable bonds is 7. The van der Waals surface area contributed by atoms with Crippen LogP contribution in [0.4, 0.5) is 10.2 Å². The van der Waals surface area contributed by atoms with Crippen molar-refractivity contribution >= 4 is 5.82 Å². The Balaban J connectivity index is 1.39. The first-order chi connectivity index (χ1) is 16.9. The Morgan fingerprint density at radius 1 is 1.26 bits per heavy atom. The van der Waals surface area contributed by atoms with Gasteiger partial charge < -0.3 is 10.0 Å². The van der Waals surface area contributed by atoms with Crippen LogP contribution < -0.4 is 4.90 Å². The number of halogens is 1. The summed E-state index contributed by atoms with van der Waals surface area (Å²) >= 11 is 0. The third kappa shape index (κ3) is 4.67. The van der Waals surface area contributed by atoms with Crippen LogP contribution in [0.5, 0.6) is 5.75 Å². The molecule has 2 aromatic heterocycles. The van der Waals surface area contributed by atoms with E-state index in [0.29, 0.717) is 23.5 Å². The van der Waals surface area contributed by atoms with Crippen molar-refractivity contribution in [2.24, 2.45) is 5.41 Å². The molecule has 2 saturated carbocycles. The molecule has 0 unspecified atom stereocenters. The summed E-state index contributed by atoms with van der Waals surface area (Å²) in [5.41, 5.74) is 1.11. The molecule has 0 amide bonds. The second kappa shape index (κ2) is 9.21. The fraction of sp³-hybridized carbons (Fsp3) is 0.520. The van der Waals surface area contributed by atoms with E-state index in [-0.39, 0.29) is 34.9 Å². The first-order valence-electron chi connectivity index (χ1n) is 12.2. The first kappa shape index (κ1) is 23.1. The van der Waals surface area contributed by atoms with Crippen LogP contribution in [0.15, 0.2) is 30.7 Å². The smallest absolute Gasteiger partial charge is 0.252 e. The topological polar surface area (TPSA) is 117 Å². The summed E-state index contributed by atoms with van der Waals surface area (Å²) < 4.78 is 16.6. The van der Waals surface area contributed by atoms with Crippen LogP contribution in [-0.4, -0.2) is 53.3 Å². The number of phenolic OH excluding ortho intramolecular Hbond substituents is 1. The zero-order valence-electron chi connectivity index (χ0n) is 20.0. The number of alkyl halides is 1. The lowest BCUT2D eigenvalue weighted by Gasteiger charge is -2.45. The standard InChI is InChI=1S/C25H29FN8O/c1-3-9-25(2)10-8-19(26)20(12-25)34(16-4-5-16)23-14-28-24(31-30-23)18-7-6-17(11-21(18)35)33-15-29-22(13-27)32-33/h6-7,11,14-16,19-20,35H,3-5,8-10,12H2,1-2H3/t19-,20+,25+/m0/s1. The molecular formula is C25H29FN8O. The molecular weight excluding hydrogens is 447 g/mol. The van der Waals surface area contributed by atoms with E-state index in [1.165, 1.54) is 17.1 Å². The molecule has 0 aliphatic heterocycles. The third-order valence-electron chi connectivity index (χ3n) is 7.19. The van der Waals surface area contributed by atoms with Crippen LogP contribution >= 0.6 is 0 Å². The highest BCUT2D eigenvalue weighted by Gasteiger charge is 2.45. The van der Waals surface area contributed by atoms with Gasteiger partial charge in [-0.05, 0) is 56.1 Å². The van der Waals surface area contributed by atoms with Crippen LogP contribution in [0.2, 0.25) is 0 Å². The second-order valence-corrected chi connectivity index (χ2v) is 9.99. The van der Waals surface area contributed by atoms with Gasteiger partial charge in [-0.15, -0.1) is 15.3 Å². The SMILES string of the molecule is CCC[C@]1(C)CC[C@H](F)[C@H](N(c2cnc(-c3ccc(-n4cnc(C#N)n4)cc3O)nn2)C2CC2)C1. The molecule has 2 aliphatic carbocycles. The van der Waals surface area contributed by atoms with Crippen LogP contribution in [0.3, 0.4) is 0 Å². The highest BCUT2D eigenvalue weighted by atomic mass is 19.1. The number of nitrogens with zero attached hydrogens (tertiary/aromatic N) is 8. The fourth-order valence-electron chi connectivity index (χ4n) is 5.30. The lowest BCUT2D eigenvalue weighted by Crippen LogP contribution is -2.50. The normalized spacial score (nSPS) is 24.2. The monoisotopic (exact) mass is 476 g/mol. The molecule has 182 valence electrons. The number of aromatic nitrogens is 6. The maximum atomic E-state index is 15.2. The molecule has 35 heavy (non-hydrogen) atoms. The number of aromatic hydroxyl groups is 1. The molecule has 0 radical (unpaired) electrons. The fourth-order valence-corrected chi connectivity index (χ4v) is 5.30. The molecule has 0 spiro atoms. The lowest BCUT2D eigenvalue weighted by atomic mass is 9.70. The minimum Gasteiger partial charge on any atom is -0.507 e.